The van der Waals surface area contributed by atoms with E-state index in [9.17, 15) is 66.3 Å². The summed E-state index contributed by atoms with van der Waals surface area (Å²) < 4.78 is 184. The second kappa shape index (κ2) is 6.79. The standard InChI is InChI=1S/C8HF14NO3.K/c9-2(10,1(24)25)3(11,4(12,13)14)23-5(15,16)7(19,20)26-8(21,22)6(23,17)18;/h(H,24,25);. The minimum atomic E-state index is -7.94. The summed E-state index contributed by atoms with van der Waals surface area (Å²) in [6.45, 7) is 0. The van der Waals surface area contributed by atoms with Crippen molar-refractivity contribution in [2.75, 3.05) is 0 Å². The number of carbonyl (C=O) groups is 1. The summed E-state index contributed by atoms with van der Waals surface area (Å²) in [5, 5.41) is 7.86. The Morgan fingerprint density at radius 1 is 0.778 bits per heavy atom. The van der Waals surface area contributed by atoms with Crippen molar-refractivity contribution in [3.05, 3.63) is 0 Å². The molecular weight excluding hydrogens is 463 g/mol. The Hall–Kier alpha value is 0.0464. The summed E-state index contributed by atoms with van der Waals surface area (Å²) in [6.07, 6.45) is -22.0. The minimum absolute atomic E-state index is 0. The maximum absolute atomic E-state index is 13.9. The summed E-state index contributed by atoms with van der Waals surface area (Å²) in [5.74, 6) is -19.7. The van der Waals surface area contributed by atoms with Crippen LogP contribution in [0.4, 0.5) is 61.5 Å². The third-order valence-corrected chi connectivity index (χ3v) is 2.89. The summed E-state index contributed by atoms with van der Waals surface area (Å²) in [7, 11) is 0. The van der Waals surface area contributed by atoms with Crippen molar-refractivity contribution in [3.8, 4) is 0 Å². The van der Waals surface area contributed by atoms with Crippen molar-refractivity contribution >= 4 is 57.4 Å². The zero-order valence-corrected chi connectivity index (χ0v) is 15.1. The number of carboxylic acids is 1. The fraction of sp³-hybridized carbons (Fsp3) is 0.875. The van der Waals surface area contributed by atoms with Crippen molar-refractivity contribution in [1.82, 2.24) is 4.90 Å². The molecule has 19 heteroatoms. The number of rotatable bonds is 3. The quantitative estimate of drug-likeness (QED) is 0.396. The number of hydrogen-bond acceptors (Lipinski definition) is 3. The van der Waals surface area contributed by atoms with Crippen LogP contribution < -0.4 is 0 Å². The SMILES string of the molecule is O=C(O)C(F)(F)C(F)(N1C(F)(F)C(F)(F)OC(F)(F)C1(F)F)C(F)(F)F.[K]. The van der Waals surface area contributed by atoms with Crippen LogP contribution in [-0.2, 0) is 9.53 Å². The molecule has 1 radical (unpaired) electrons. The second-order valence-corrected chi connectivity index (χ2v) is 4.55. The molecule has 0 aliphatic carbocycles. The van der Waals surface area contributed by atoms with Crippen LogP contribution in [0.2, 0.25) is 0 Å². The van der Waals surface area contributed by atoms with Gasteiger partial charge in [0.2, 0.25) is 0 Å². The van der Waals surface area contributed by atoms with E-state index < -0.39 is 53.1 Å². The maximum atomic E-state index is 13.9. The fourth-order valence-corrected chi connectivity index (χ4v) is 1.69. The van der Waals surface area contributed by atoms with Crippen molar-refractivity contribution in [2.24, 2.45) is 0 Å². The fourth-order valence-electron chi connectivity index (χ4n) is 1.69. The van der Waals surface area contributed by atoms with Crippen LogP contribution in [0.3, 0.4) is 0 Å². The Bertz CT molecular complexity index is 580. The van der Waals surface area contributed by atoms with Crippen LogP contribution in [0.5, 0.6) is 0 Å². The molecule has 4 nitrogen and oxygen atoms in total. The van der Waals surface area contributed by atoms with Gasteiger partial charge in [-0.2, -0.15) is 57.1 Å². The van der Waals surface area contributed by atoms with Crippen molar-refractivity contribution in [3.63, 3.8) is 0 Å². The van der Waals surface area contributed by atoms with Gasteiger partial charge in [0.1, 0.15) is 0 Å². The van der Waals surface area contributed by atoms with E-state index in [0.717, 1.165) is 0 Å². The molecular formula is C8HF14KNO3. The topological polar surface area (TPSA) is 49.8 Å². The molecule has 0 saturated carbocycles. The maximum Gasteiger partial charge on any atom is 0.444 e. The van der Waals surface area contributed by atoms with Gasteiger partial charge in [0, 0.05) is 51.4 Å². The number of nitrogens with zero attached hydrogens (tertiary/aromatic N) is 1. The van der Waals surface area contributed by atoms with E-state index in [4.69, 9.17) is 5.11 Å². The average molecular weight is 464 g/mol. The van der Waals surface area contributed by atoms with Gasteiger partial charge in [-0.15, -0.1) is 4.90 Å². The third-order valence-electron chi connectivity index (χ3n) is 2.89. The number of alkyl halides is 14. The number of ether oxygens (including phenoxy) is 1. The van der Waals surface area contributed by atoms with Crippen LogP contribution >= 0.6 is 0 Å². The smallest absolute Gasteiger partial charge is 0.444 e. The number of morpholine rings is 1. The molecule has 0 aromatic heterocycles. The van der Waals surface area contributed by atoms with E-state index in [-0.39, 0.29) is 51.4 Å². The molecule has 1 heterocycles. The largest absolute Gasteiger partial charge is 0.477 e. The molecule has 1 fully saturated rings. The van der Waals surface area contributed by atoms with Crippen LogP contribution in [0.15, 0.2) is 0 Å². The first-order valence-electron chi connectivity index (χ1n) is 5.40. The Morgan fingerprint density at radius 3 is 1.30 bits per heavy atom. The second-order valence-electron chi connectivity index (χ2n) is 4.55. The molecule has 155 valence electrons. The number of hydrogen-bond donors (Lipinski definition) is 1. The summed E-state index contributed by atoms with van der Waals surface area (Å²) in [6, 6.07) is -15.1. The molecule has 1 rings (SSSR count). The van der Waals surface area contributed by atoms with Crippen LogP contribution in [-0.4, -0.2) is 110 Å². The number of halogens is 14. The Morgan fingerprint density at radius 2 is 1.07 bits per heavy atom. The van der Waals surface area contributed by atoms with Gasteiger partial charge in [-0.1, -0.05) is 0 Å². The van der Waals surface area contributed by atoms with Gasteiger partial charge in [0.05, 0.1) is 0 Å². The van der Waals surface area contributed by atoms with E-state index in [1.165, 1.54) is 0 Å². The molecule has 27 heavy (non-hydrogen) atoms. The number of aliphatic carboxylic acids is 1. The summed E-state index contributed by atoms with van der Waals surface area (Å²) in [5.41, 5.74) is 0. The normalized spacial score (nSPS) is 26.6. The van der Waals surface area contributed by atoms with E-state index in [2.05, 4.69) is 0 Å². The van der Waals surface area contributed by atoms with Gasteiger partial charge < -0.3 is 5.11 Å². The van der Waals surface area contributed by atoms with Crippen molar-refractivity contribution in [1.29, 1.82) is 0 Å². The Labute approximate surface area is 179 Å². The van der Waals surface area contributed by atoms with E-state index in [1.54, 1.807) is 4.74 Å². The van der Waals surface area contributed by atoms with Crippen molar-refractivity contribution in [2.45, 2.75) is 42.2 Å². The molecule has 0 spiro atoms. The van der Waals surface area contributed by atoms with Crippen LogP contribution in [0.25, 0.3) is 0 Å². The first-order valence-corrected chi connectivity index (χ1v) is 5.40. The van der Waals surface area contributed by atoms with Gasteiger partial charge in [-0.25, -0.2) is 13.9 Å². The minimum Gasteiger partial charge on any atom is -0.477 e. The van der Waals surface area contributed by atoms with Gasteiger partial charge >= 0.3 is 48.2 Å². The molecule has 0 bridgehead atoms. The average Bonchev–Trinajstić information content (AvgIpc) is 2.33. The molecule has 1 N–H and O–H groups in total. The molecule has 0 aromatic carbocycles. The summed E-state index contributed by atoms with van der Waals surface area (Å²) in [4.78, 5) is 5.84. The predicted molar refractivity (Wildman–Crippen MR) is 50.9 cm³/mol. The first-order chi connectivity index (χ1) is 11.0. The van der Waals surface area contributed by atoms with Gasteiger partial charge in [-0.05, 0) is 0 Å². The molecule has 1 saturated heterocycles. The molecule has 1 aliphatic heterocycles. The van der Waals surface area contributed by atoms with Crippen LogP contribution in [0.1, 0.15) is 0 Å². The Balaban J connectivity index is 0.00000676. The van der Waals surface area contributed by atoms with Gasteiger partial charge in [0.15, 0.2) is 0 Å². The molecule has 1 aliphatic rings. The number of carboxylic acid groups (broad SMARTS) is 1. The molecule has 1 unspecified atom stereocenters. The first kappa shape index (κ1) is 27.0. The molecule has 1 atom stereocenters. The predicted octanol–water partition coefficient (Wildman–Crippen LogP) is 3.26. The Kier molecular flexibility index (Phi) is 6.80. The van der Waals surface area contributed by atoms with Crippen LogP contribution in [0, 0.1) is 0 Å². The van der Waals surface area contributed by atoms with Gasteiger partial charge in [0.25, 0.3) is 0 Å². The van der Waals surface area contributed by atoms with E-state index in [0.29, 0.717) is 0 Å². The van der Waals surface area contributed by atoms with E-state index >= 15 is 0 Å². The van der Waals surface area contributed by atoms with Crippen molar-refractivity contribution < 1.29 is 76.1 Å². The van der Waals surface area contributed by atoms with Gasteiger partial charge in [-0.3, -0.25) is 0 Å². The molecule has 0 amide bonds. The zero-order chi connectivity index (χ0) is 21.4. The monoisotopic (exact) mass is 464 g/mol. The van der Waals surface area contributed by atoms with E-state index in [1.807, 2.05) is 0 Å². The molecule has 0 aromatic rings. The summed E-state index contributed by atoms with van der Waals surface area (Å²) >= 11 is 0. The zero-order valence-electron chi connectivity index (χ0n) is 12.0. The third kappa shape index (κ3) is 3.45.